The molecule has 2 fully saturated rings. The first kappa shape index (κ1) is 16.2. The summed E-state index contributed by atoms with van der Waals surface area (Å²) in [5.41, 5.74) is 6.73. The Morgan fingerprint density at radius 2 is 2.16 bits per heavy atom. The van der Waals surface area contributed by atoms with Crippen molar-refractivity contribution in [2.75, 3.05) is 11.9 Å². The summed E-state index contributed by atoms with van der Waals surface area (Å²) in [5, 5.41) is 9.45. The predicted molar refractivity (Wildman–Crippen MR) is 88.3 cm³/mol. The lowest BCUT2D eigenvalue weighted by Gasteiger charge is -2.31. The van der Waals surface area contributed by atoms with Crippen LogP contribution in [-0.2, 0) is 4.79 Å². The van der Waals surface area contributed by atoms with Crippen LogP contribution >= 0.6 is 0 Å². The van der Waals surface area contributed by atoms with Crippen LogP contribution in [-0.4, -0.2) is 28.7 Å². The van der Waals surface area contributed by atoms with Gasteiger partial charge in [0.1, 0.15) is 0 Å². The number of anilines is 1. The van der Waals surface area contributed by atoms with Crippen LogP contribution in [0.1, 0.15) is 19.3 Å². The average molecular weight is 347 g/mol. The van der Waals surface area contributed by atoms with Crippen LogP contribution < -0.4 is 16.2 Å². The van der Waals surface area contributed by atoms with Gasteiger partial charge in [0, 0.05) is 36.1 Å². The van der Waals surface area contributed by atoms with Gasteiger partial charge < -0.3 is 5.32 Å². The summed E-state index contributed by atoms with van der Waals surface area (Å²) in [6.07, 6.45) is 2.90. The Morgan fingerprint density at radius 3 is 3.04 bits per heavy atom. The molecule has 0 radical (unpaired) electrons. The van der Waals surface area contributed by atoms with Gasteiger partial charge in [0.05, 0.1) is 5.69 Å². The summed E-state index contributed by atoms with van der Waals surface area (Å²) < 4.78 is 27.2. The molecule has 2 unspecified atom stereocenters. The highest BCUT2D eigenvalue weighted by Gasteiger charge is 2.40. The number of halogens is 2. The fraction of sp³-hybridized carbons (Fsp3) is 0.412. The van der Waals surface area contributed by atoms with Crippen molar-refractivity contribution in [2.24, 2.45) is 11.8 Å². The molecule has 1 aliphatic heterocycles. The molecule has 1 aromatic heterocycles. The van der Waals surface area contributed by atoms with Crippen LogP contribution in [0.3, 0.4) is 0 Å². The highest BCUT2D eigenvalue weighted by atomic mass is 19.2. The Hall–Kier alpha value is -2.32. The number of aromatic amines is 1. The Labute approximate surface area is 143 Å². The van der Waals surface area contributed by atoms with Crippen molar-refractivity contribution in [1.82, 2.24) is 21.0 Å². The Kier molecular flexibility index (Phi) is 4.22. The summed E-state index contributed by atoms with van der Waals surface area (Å²) in [4.78, 5) is 12.6. The van der Waals surface area contributed by atoms with E-state index in [1.54, 1.807) is 0 Å². The number of carbonyl (C=O) groups is 1. The molecule has 0 bridgehead atoms. The highest BCUT2D eigenvalue weighted by molar-refractivity contribution is 5.92. The first-order chi connectivity index (χ1) is 12.1. The molecule has 132 valence electrons. The minimum absolute atomic E-state index is 0.0786. The number of hydrogen-bond acceptors (Lipinski definition) is 4. The number of hydrazine groups is 1. The van der Waals surface area contributed by atoms with E-state index >= 15 is 0 Å². The molecule has 1 saturated carbocycles. The maximum Gasteiger partial charge on any atom is 0.229 e. The van der Waals surface area contributed by atoms with Crippen LogP contribution in [0, 0.1) is 23.5 Å². The molecule has 25 heavy (non-hydrogen) atoms. The van der Waals surface area contributed by atoms with E-state index in [0.717, 1.165) is 31.9 Å². The summed E-state index contributed by atoms with van der Waals surface area (Å²) in [7, 11) is 0. The zero-order valence-electron chi connectivity index (χ0n) is 13.5. The normalized spacial score (nSPS) is 25.6. The number of aromatic nitrogens is 2. The number of hydrogen-bond donors (Lipinski definition) is 4. The van der Waals surface area contributed by atoms with Crippen molar-refractivity contribution in [3.8, 4) is 11.3 Å². The molecule has 2 heterocycles. The zero-order chi connectivity index (χ0) is 17.4. The van der Waals surface area contributed by atoms with Gasteiger partial charge in [-0.2, -0.15) is 5.10 Å². The fourth-order valence-electron chi connectivity index (χ4n) is 3.82. The van der Waals surface area contributed by atoms with Gasteiger partial charge in [0.25, 0.3) is 0 Å². The lowest BCUT2D eigenvalue weighted by atomic mass is 9.76. The molecule has 2 aliphatic rings. The standard InChI is InChI=1S/C17H19F2N5O/c18-12-5-1-4-10(16(12)19)14-7-15(24-23-14)21-17(25)9-3-2-6-13-11(9)8-20-22-13/h1,4-5,7,9,11,13,20,22H,2-3,6,8H2,(H2,21,23,24,25)/t9-,11?,13?/m0/s1. The Morgan fingerprint density at radius 1 is 1.28 bits per heavy atom. The summed E-state index contributed by atoms with van der Waals surface area (Å²) in [6, 6.07) is 5.77. The molecule has 1 aromatic carbocycles. The first-order valence-electron chi connectivity index (χ1n) is 8.42. The molecular formula is C17H19F2N5O. The third kappa shape index (κ3) is 3.03. The van der Waals surface area contributed by atoms with Crippen LogP contribution in [0.25, 0.3) is 11.3 Å². The molecular weight excluding hydrogens is 328 g/mol. The molecule has 2 aromatic rings. The average Bonchev–Trinajstić information content (AvgIpc) is 3.26. The van der Waals surface area contributed by atoms with Gasteiger partial charge in [-0.25, -0.2) is 8.78 Å². The van der Waals surface area contributed by atoms with Gasteiger partial charge in [0.15, 0.2) is 17.5 Å². The Bertz CT molecular complexity index is 793. The van der Waals surface area contributed by atoms with Crippen molar-refractivity contribution in [1.29, 1.82) is 0 Å². The minimum Gasteiger partial charge on any atom is -0.309 e. The Balaban J connectivity index is 1.49. The molecule has 1 aliphatic carbocycles. The van der Waals surface area contributed by atoms with E-state index < -0.39 is 11.6 Å². The molecule has 6 nitrogen and oxygen atoms in total. The largest absolute Gasteiger partial charge is 0.309 e. The predicted octanol–water partition coefficient (Wildman–Crippen LogP) is 2.19. The number of fused-ring (bicyclic) bond motifs is 1. The van der Waals surface area contributed by atoms with Crippen LogP contribution in [0.5, 0.6) is 0 Å². The second kappa shape index (κ2) is 6.53. The van der Waals surface area contributed by atoms with E-state index in [9.17, 15) is 13.6 Å². The van der Waals surface area contributed by atoms with Gasteiger partial charge in [-0.1, -0.05) is 12.5 Å². The van der Waals surface area contributed by atoms with Crippen LogP contribution in [0.15, 0.2) is 24.3 Å². The van der Waals surface area contributed by atoms with Crippen LogP contribution in [0.2, 0.25) is 0 Å². The summed E-state index contributed by atoms with van der Waals surface area (Å²) in [5.74, 6) is -1.47. The summed E-state index contributed by atoms with van der Waals surface area (Å²) in [6.45, 7) is 0.767. The number of nitrogens with zero attached hydrogens (tertiary/aromatic N) is 1. The van der Waals surface area contributed by atoms with Gasteiger partial charge >= 0.3 is 0 Å². The fourth-order valence-corrected chi connectivity index (χ4v) is 3.82. The van der Waals surface area contributed by atoms with E-state index in [4.69, 9.17) is 0 Å². The molecule has 4 N–H and O–H groups in total. The topological polar surface area (TPSA) is 81.8 Å². The van der Waals surface area contributed by atoms with Crippen molar-refractivity contribution in [3.63, 3.8) is 0 Å². The number of rotatable bonds is 3. The minimum atomic E-state index is -0.942. The van der Waals surface area contributed by atoms with E-state index in [1.807, 2.05) is 0 Å². The maximum absolute atomic E-state index is 13.9. The number of H-pyrrole nitrogens is 1. The number of benzene rings is 1. The molecule has 1 saturated heterocycles. The molecule has 8 heteroatoms. The van der Waals surface area contributed by atoms with Crippen molar-refractivity contribution in [2.45, 2.75) is 25.3 Å². The lowest BCUT2D eigenvalue weighted by Crippen LogP contribution is -2.41. The third-order valence-electron chi connectivity index (χ3n) is 5.10. The second-order valence-corrected chi connectivity index (χ2v) is 6.59. The quantitative estimate of drug-likeness (QED) is 0.686. The molecule has 3 atom stereocenters. The lowest BCUT2D eigenvalue weighted by molar-refractivity contribution is -0.122. The molecule has 4 rings (SSSR count). The van der Waals surface area contributed by atoms with E-state index in [0.29, 0.717) is 17.6 Å². The van der Waals surface area contributed by atoms with Gasteiger partial charge in [-0.15, -0.1) is 0 Å². The van der Waals surface area contributed by atoms with E-state index in [2.05, 4.69) is 26.4 Å². The van der Waals surface area contributed by atoms with Gasteiger partial charge in [-0.3, -0.25) is 20.7 Å². The highest BCUT2D eigenvalue weighted by Crippen LogP contribution is 2.33. The molecule has 1 amide bonds. The number of amides is 1. The van der Waals surface area contributed by atoms with E-state index in [-0.39, 0.29) is 23.3 Å². The number of carbonyl (C=O) groups excluding carboxylic acids is 1. The van der Waals surface area contributed by atoms with Crippen molar-refractivity contribution < 1.29 is 13.6 Å². The first-order valence-corrected chi connectivity index (χ1v) is 8.42. The third-order valence-corrected chi connectivity index (χ3v) is 5.10. The molecule has 0 spiro atoms. The van der Waals surface area contributed by atoms with Crippen molar-refractivity contribution >= 4 is 11.7 Å². The smallest absolute Gasteiger partial charge is 0.229 e. The van der Waals surface area contributed by atoms with Crippen LogP contribution in [0.4, 0.5) is 14.6 Å². The number of nitrogens with one attached hydrogen (secondary N) is 4. The maximum atomic E-state index is 13.9. The van der Waals surface area contributed by atoms with E-state index in [1.165, 1.54) is 18.2 Å². The monoisotopic (exact) mass is 347 g/mol. The van der Waals surface area contributed by atoms with Gasteiger partial charge in [0.2, 0.25) is 5.91 Å². The van der Waals surface area contributed by atoms with Crippen molar-refractivity contribution in [3.05, 3.63) is 35.9 Å². The van der Waals surface area contributed by atoms with Gasteiger partial charge in [-0.05, 0) is 25.0 Å². The second-order valence-electron chi connectivity index (χ2n) is 6.59. The zero-order valence-corrected chi connectivity index (χ0v) is 13.5. The summed E-state index contributed by atoms with van der Waals surface area (Å²) >= 11 is 0. The SMILES string of the molecule is O=C(Nc1cc(-c2cccc(F)c2F)[nH]n1)[C@H]1CCCC2NNCC21.